The van der Waals surface area contributed by atoms with Gasteiger partial charge in [0.2, 0.25) is 0 Å². The molecule has 0 saturated carbocycles. The Hall–Kier alpha value is -2.29. The number of rotatable bonds is 7. The SMILES string of the molecule is CC(C)N(CCCn1c(Sc2cc3c(c[c]2[Tl])OCO3)nc2c(N)ncnc21)C(=O)OC(C)(C)C. The summed E-state index contributed by atoms with van der Waals surface area (Å²) in [4.78, 5) is 28.9. The monoisotopic (exact) mass is 690 g/mol. The van der Waals surface area contributed by atoms with Crippen LogP contribution in [0.1, 0.15) is 41.0 Å². The van der Waals surface area contributed by atoms with Crippen molar-refractivity contribution in [1.82, 2.24) is 24.4 Å². The standard InChI is InChI=1S/C23H29N6O4S.Tl/c1-14(2)28(22(30)33-23(3,4)5)9-6-10-29-20-18(19(24)25-12-26-20)27-21(29)34-15-7-8-16-17(11-15)32-13-31-16;/h8,11-12,14H,6,9-10,13H2,1-5H3,(H2,24,25,26);. The van der Waals surface area contributed by atoms with Crippen LogP contribution >= 0.6 is 11.8 Å². The predicted octanol–water partition coefficient (Wildman–Crippen LogP) is 3.12. The fourth-order valence-electron chi connectivity index (χ4n) is 3.62. The number of benzene rings is 1. The number of anilines is 1. The number of aromatic nitrogens is 4. The van der Waals surface area contributed by atoms with Crippen LogP contribution in [0.4, 0.5) is 10.6 Å². The van der Waals surface area contributed by atoms with E-state index in [1.807, 2.05) is 51.3 Å². The fourth-order valence-corrected chi connectivity index (χ4v) is 6.18. The van der Waals surface area contributed by atoms with Crippen molar-refractivity contribution in [2.24, 2.45) is 0 Å². The van der Waals surface area contributed by atoms with Crippen LogP contribution in [0.5, 0.6) is 11.5 Å². The fraction of sp³-hybridized carbons (Fsp3) is 0.478. The Labute approximate surface area is 224 Å². The van der Waals surface area contributed by atoms with E-state index in [2.05, 4.69) is 9.97 Å². The van der Waals surface area contributed by atoms with Crippen molar-refractivity contribution in [3.63, 3.8) is 0 Å². The first-order valence-electron chi connectivity index (χ1n) is 11.4. The predicted molar refractivity (Wildman–Crippen MR) is 135 cm³/mol. The summed E-state index contributed by atoms with van der Waals surface area (Å²) in [7, 11) is 0. The summed E-state index contributed by atoms with van der Waals surface area (Å²) in [5, 5.41) is 0.765. The van der Waals surface area contributed by atoms with Gasteiger partial charge in [0.25, 0.3) is 0 Å². The molecule has 1 aliphatic heterocycles. The molecule has 1 aromatic carbocycles. The molecule has 0 atom stereocenters. The third-order valence-corrected chi connectivity index (χ3v) is 9.00. The van der Waals surface area contributed by atoms with Gasteiger partial charge in [0.1, 0.15) is 0 Å². The smallest absolute Gasteiger partial charge is 0.0253 e. The van der Waals surface area contributed by atoms with Crippen LogP contribution in [0.25, 0.3) is 11.2 Å². The van der Waals surface area contributed by atoms with Crippen molar-refractivity contribution in [2.75, 3.05) is 19.1 Å². The van der Waals surface area contributed by atoms with Crippen molar-refractivity contribution in [1.29, 1.82) is 0 Å². The third kappa shape index (κ3) is 5.93. The molecule has 3 aromatic rings. The maximum absolute atomic E-state index is 12.7. The molecule has 0 aliphatic carbocycles. The molecule has 0 radical (unpaired) electrons. The Morgan fingerprint density at radius 3 is 2.69 bits per heavy atom. The molecule has 1 aliphatic rings. The molecule has 35 heavy (non-hydrogen) atoms. The summed E-state index contributed by atoms with van der Waals surface area (Å²) in [5.74, 6) is 1.86. The first-order valence-corrected chi connectivity index (χ1v) is 14.4. The number of aryl methyl sites for hydroxylation is 1. The van der Waals surface area contributed by atoms with E-state index in [4.69, 9.17) is 24.9 Å². The van der Waals surface area contributed by atoms with Crippen LogP contribution in [0.2, 0.25) is 0 Å². The van der Waals surface area contributed by atoms with Crippen molar-refractivity contribution >= 4 is 63.7 Å². The molecule has 2 aromatic heterocycles. The summed E-state index contributed by atoms with van der Waals surface area (Å²) in [6.07, 6.45) is 1.83. The normalized spacial score (nSPS) is 12.9. The quantitative estimate of drug-likeness (QED) is 0.374. The maximum atomic E-state index is 12.7. The third-order valence-electron chi connectivity index (χ3n) is 5.26. The van der Waals surface area contributed by atoms with Gasteiger partial charge in [-0.3, -0.25) is 0 Å². The van der Waals surface area contributed by atoms with Gasteiger partial charge in [0.15, 0.2) is 0 Å². The zero-order valence-corrected chi connectivity index (χ0v) is 25.9. The van der Waals surface area contributed by atoms with Crippen molar-refractivity contribution in [3.05, 3.63) is 18.5 Å². The average molecular weight is 690 g/mol. The zero-order chi connectivity index (χ0) is 25.3. The van der Waals surface area contributed by atoms with Crippen LogP contribution in [-0.2, 0) is 11.3 Å². The number of carbonyl (C=O) groups is 1. The first-order chi connectivity index (χ1) is 16.5. The summed E-state index contributed by atoms with van der Waals surface area (Å²) in [6, 6.07) is 4.06. The van der Waals surface area contributed by atoms with Crippen LogP contribution in [0.3, 0.4) is 0 Å². The van der Waals surface area contributed by atoms with E-state index in [0.717, 1.165) is 21.6 Å². The minimum atomic E-state index is -0.546. The molecule has 0 saturated heterocycles. The molecule has 0 fully saturated rings. The van der Waals surface area contributed by atoms with Crippen molar-refractivity contribution in [2.45, 2.75) is 69.3 Å². The molecule has 2 N–H and O–H groups in total. The number of carbonyl (C=O) groups excluding carboxylic acids is 1. The molecule has 3 heterocycles. The molecule has 12 heteroatoms. The number of nitrogens with two attached hydrogens (primary N) is 1. The van der Waals surface area contributed by atoms with Crippen molar-refractivity contribution in [3.8, 4) is 11.5 Å². The first kappa shape index (κ1) is 25.8. The molecule has 0 unspecified atom stereocenters. The molecule has 0 bridgehead atoms. The van der Waals surface area contributed by atoms with Gasteiger partial charge in [-0.05, 0) is 20.8 Å². The minimum absolute atomic E-state index is 0.0124. The van der Waals surface area contributed by atoms with E-state index >= 15 is 0 Å². The molecule has 184 valence electrons. The summed E-state index contributed by atoms with van der Waals surface area (Å²) >= 11 is 2.15. The van der Waals surface area contributed by atoms with Gasteiger partial charge in [-0.2, -0.15) is 0 Å². The Kier molecular flexibility index (Phi) is 7.64. The van der Waals surface area contributed by atoms with Gasteiger partial charge >= 0.3 is 205 Å². The van der Waals surface area contributed by atoms with Crippen LogP contribution in [0, 0.1) is 0 Å². The molecule has 1 amide bonds. The van der Waals surface area contributed by atoms with Crippen LogP contribution in [0.15, 0.2) is 28.5 Å². The van der Waals surface area contributed by atoms with E-state index < -0.39 is 5.60 Å². The number of nitrogens with zero attached hydrogens (tertiary/aromatic N) is 5. The van der Waals surface area contributed by atoms with Gasteiger partial charge in [0, 0.05) is 0 Å². The number of fused-ring (bicyclic) bond motifs is 2. The van der Waals surface area contributed by atoms with Crippen LogP contribution < -0.4 is 18.3 Å². The minimum Gasteiger partial charge on any atom is -0.0253 e. The number of nitrogen functional groups attached to an aromatic ring is 1. The Morgan fingerprint density at radius 2 is 2.00 bits per heavy atom. The average Bonchev–Trinajstić information content (AvgIpc) is 3.34. The molecule has 0 spiro atoms. The molecule has 4 rings (SSSR count). The zero-order valence-electron chi connectivity index (χ0n) is 20.6. The number of amides is 1. The van der Waals surface area contributed by atoms with E-state index in [1.165, 1.54) is 9.45 Å². The number of ether oxygens (including phenoxy) is 3. The molecular formula is C23H29N6O4STl. The second-order valence-corrected chi connectivity index (χ2v) is 12.9. The summed E-state index contributed by atoms with van der Waals surface area (Å²) in [5.41, 5.74) is 6.81. The summed E-state index contributed by atoms with van der Waals surface area (Å²) in [6.45, 7) is 11.0. The van der Waals surface area contributed by atoms with Gasteiger partial charge < -0.3 is 0 Å². The van der Waals surface area contributed by atoms with Gasteiger partial charge in [-0.25, -0.2) is 0 Å². The molecule has 10 nitrogen and oxygen atoms in total. The second kappa shape index (κ2) is 10.4. The topological polar surface area (TPSA) is 118 Å². The van der Waals surface area contributed by atoms with E-state index in [0.29, 0.717) is 62.3 Å². The van der Waals surface area contributed by atoms with E-state index in [1.54, 1.807) is 16.7 Å². The summed E-state index contributed by atoms with van der Waals surface area (Å²) < 4.78 is 19.9. The Morgan fingerprint density at radius 1 is 1.29 bits per heavy atom. The van der Waals surface area contributed by atoms with Crippen molar-refractivity contribution < 1.29 is 19.0 Å². The molecular weight excluding hydrogens is 661 g/mol. The number of hydrogen-bond donors (Lipinski definition) is 1. The van der Waals surface area contributed by atoms with Gasteiger partial charge in [-0.1, -0.05) is 0 Å². The number of imidazole rings is 1. The Bertz CT molecular complexity index is 1240. The Balaban J connectivity index is 1.58. The number of hydrogen-bond acceptors (Lipinski definition) is 9. The van der Waals surface area contributed by atoms with Gasteiger partial charge in [-0.15, -0.1) is 0 Å². The second-order valence-electron chi connectivity index (χ2n) is 9.44. The van der Waals surface area contributed by atoms with Gasteiger partial charge in [0.05, 0.1) is 0 Å². The van der Waals surface area contributed by atoms with E-state index in [-0.39, 0.29) is 18.9 Å². The van der Waals surface area contributed by atoms with E-state index in [9.17, 15) is 4.79 Å². The van der Waals surface area contributed by atoms with Crippen LogP contribution in [-0.4, -0.2) is 81.3 Å².